The molecule has 120 valence electrons. The number of carboxylic acids is 1. The minimum atomic E-state index is -3.88. The lowest BCUT2D eigenvalue weighted by molar-refractivity contribution is -0.146. The molecule has 0 amide bonds. The van der Waals surface area contributed by atoms with Crippen molar-refractivity contribution in [1.82, 2.24) is 0 Å². The molecule has 0 bridgehead atoms. The van der Waals surface area contributed by atoms with Gasteiger partial charge in [0.25, 0.3) is 0 Å². The number of halogens is 2. The summed E-state index contributed by atoms with van der Waals surface area (Å²) in [4.78, 5) is 34.4. The Hall–Kier alpha value is -2.19. The molecule has 5 N–H and O–H groups in total. The van der Waals surface area contributed by atoms with E-state index >= 15 is 0 Å². The maximum absolute atomic E-state index is 13.4. The zero-order valence-electron chi connectivity index (χ0n) is 11.5. The van der Waals surface area contributed by atoms with Crippen molar-refractivity contribution >= 4 is 17.5 Å². The van der Waals surface area contributed by atoms with Gasteiger partial charge in [0.2, 0.25) is 5.78 Å². The number of carboxylic acid groups (broad SMARTS) is 1. The molecule has 0 spiro atoms. The van der Waals surface area contributed by atoms with Gasteiger partial charge in [-0.3, -0.25) is 14.4 Å². The Bertz CT molecular complexity index is 563. The largest absolute Gasteiger partial charge is 0.481 e. The fourth-order valence-electron chi connectivity index (χ4n) is 2.01. The number of ketones is 2. The van der Waals surface area contributed by atoms with Crippen molar-refractivity contribution < 1.29 is 28.3 Å². The van der Waals surface area contributed by atoms with E-state index in [-0.39, 0.29) is 5.56 Å². The zero-order chi connectivity index (χ0) is 16.9. The molecular weight excluding hydrogens is 298 g/mol. The van der Waals surface area contributed by atoms with E-state index in [2.05, 4.69) is 0 Å². The average molecular weight is 314 g/mol. The van der Waals surface area contributed by atoms with E-state index in [0.29, 0.717) is 0 Å². The van der Waals surface area contributed by atoms with E-state index in [1.807, 2.05) is 0 Å². The molecule has 2 atom stereocenters. The van der Waals surface area contributed by atoms with E-state index < -0.39 is 48.4 Å². The normalized spacial score (nSPS) is 14.2. The molecule has 8 heteroatoms. The van der Waals surface area contributed by atoms with Crippen molar-refractivity contribution in [2.24, 2.45) is 11.5 Å². The molecule has 2 unspecified atom stereocenters. The molecule has 1 rings (SSSR count). The Kier molecular flexibility index (Phi) is 5.84. The smallest absolute Gasteiger partial charge is 0.318 e. The van der Waals surface area contributed by atoms with E-state index in [0.717, 1.165) is 0 Å². The van der Waals surface area contributed by atoms with Crippen LogP contribution in [-0.2, 0) is 14.4 Å². The van der Waals surface area contributed by atoms with Gasteiger partial charge in [-0.15, -0.1) is 0 Å². The van der Waals surface area contributed by atoms with Crippen LogP contribution >= 0.6 is 0 Å². The van der Waals surface area contributed by atoms with Crippen molar-refractivity contribution in [2.45, 2.75) is 24.3 Å². The van der Waals surface area contributed by atoms with Gasteiger partial charge in [-0.25, -0.2) is 0 Å². The number of aliphatic carboxylic acids is 1. The number of benzene rings is 1. The van der Waals surface area contributed by atoms with E-state index in [9.17, 15) is 23.2 Å². The summed E-state index contributed by atoms with van der Waals surface area (Å²) in [5.74, 6) is -9.40. The van der Waals surface area contributed by atoms with Crippen LogP contribution in [0.3, 0.4) is 0 Å². The van der Waals surface area contributed by atoms with E-state index in [4.69, 9.17) is 16.6 Å². The summed E-state index contributed by atoms with van der Waals surface area (Å²) in [5, 5.41) is 8.69. The second-order valence-corrected chi connectivity index (χ2v) is 4.72. The van der Waals surface area contributed by atoms with E-state index in [1.165, 1.54) is 24.3 Å². The fraction of sp³-hybridized carbons (Fsp3) is 0.357. The number of carbonyl (C=O) groups excluding carboxylic acids is 2. The van der Waals surface area contributed by atoms with Crippen molar-refractivity contribution in [3.63, 3.8) is 0 Å². The van der Waals surface area contributed by atoms with Gasteiger partial charge in [0.05, 0.1) is 18.5 Å². The number of carbonyl (C=O) groups is 3. The Balaban J connectivity index is 3.18. The second kappa shape index (κ2) is 7.19. The highest BCUT2D eigenvalue weighted by atomic mass is 19.3. The first-order chi connectivity index (χ1) is 10.2. The summed E-state index contributed by atoms with van der Waals surface area (Å²) in [5.41, 5.74) is 10.6. The van der Waals surface area contributed by atoms with E-state index in [1.54, 1.807) is 6.07 Å². The van der Waals surface area contributed by atoms with Crippen molar-refractivity contribution in [3.8, 4) is 0 Å². The Morgan fingerprint density at radius 3 is 2.18 bits per heavy atom. The molecule has 0 aliphatic heterocycles. The molecule has 22 heavy (non-hydrogen) atoms. The Labute approximate surface area is 125 Å². The van der Waals surface area contributed by atoms with Crippen molar-refractivity contribution in [2.75, 3.05) is 6.54 Å². The van der Waals surface area contributed by atoms with Crippen LogP contribution in [0, 0.1) is 0 Å². The summed E-state index contributed by atoms with van der Waals surface area (Å²) in [6.07, 6.45) is -0.922. The lowest BCUT2D eigenvalue weighted by atomic mass is 9.83. The van der Waals surface area contributed by atoms with Crippen molar-refractivity contribution in [1.29, 1.82) is 0 Å². The van der Waals surface area contributed by atoms with Gasteiger partial charge in [-0.2, -0.15) is 8.78 Å². The summed E-state index contributed by atoms with van der Waals surface area (Å²) in [6, 6.07) is 5.61. The number of alkyl halides is 2. The molecule has 0 aromatic heterocycles. The van der Waals surface area contributed by atoms with Gasteiger partial charge >= 0.3 is 11.9 Å². The third-order valence-electron chi connectivity index (χ3n) is 3.11. The Morgan fingerprint density at radius 1 is 1.18 bits per heavy atom. The molecule has 0 radical (unpaired) electrons. The second-order valence-electron chi connectivity index (χ2n) is 4.72. The lowest BCUT2D eigenvalue weighted by Crippen LogP contribution is -2.51. The van der Waals surface area contributed by atoms with Crippen LogP contribution < -0.4 is 11.5 Å². The predicted octanol–water partition coefficient (Wildman–Crippen LogP) is 0.304. The minimum Gasteiger partial charge on any atom is -0.481 e. The molecule has 0 fully saturated rings. The zero-order valence-corrected chi connectivity index (χ0v) is 11.5. The number of rotatable bonds is 8. The predicted molar refractivity (Wildman–Crippen MR) is 73.4 cm³/mol. The third-order valence-corrected chi connectivity index (χ3v) is 3.11. The number of nitrogens with two attached hydrogens (primary N) is 2. The number of hydrogen-bond donors (Lipinski definition) is 3. The van der Waals surface area contributed by atoms with Crippen LogP contribution in [0.25, 0.3) is 0 Å². The molecule has 0 saturated carbocycles. The highest BCUT2D eigenvalue weighted by Crippen LogP contribution is 2.26. The third kappa shape index (κ3) is 4.15. The molecule has 6 nitrogen and oxygen atoms in total. The van der Waals surface area contributed by atoms with Crippen LogP contribution in [0.2, 0.25) is 0 Å². The quantitative estimate of drug-likeness (QED) is 0.593. The fourth-order valence-corrected chi connectivity index (χ4v) is 2.01. The molecule has 1 aromatic rings. The van der Waals surface area contributed by atoms with Gasteiger partial charge in [0.1, 0.15) is 6.42 Å². The summed E-state index contributed by atoms with van der Waals surface area (Å²) in [6.45, 7) is -1.24. The van der Waals surface area contributed by atoms with Crippen LogP contribution in [0.1, 0.15) is 17.9 Å². The molecule has 0 saturated heterocycles. The van der Waals surface area contributed by atoms with Crippen LogP contribution in [0.4, 0.5) is 8.78 Å². The van der Waals surface area contributed by atoms with Gasteiger partial charge < -0.3 is 16.6 Å². The topological polar surface area (TPSA) is 123 Å². The SMILES string of the molecule is NCC(F)(F)C(=O)C(N)C(C(=O)CC(=O)O)c1ccccc1. The first-order valence-corrected chi connectivity index (χ1v) is 6.38. The van der Waals surface area contributed by atoms with Gasteiger partial charge in [-0.05, 0) is 5.56 Å². The minimum absolute atomic E-state index is 0.197. The molecule has 0 aliphatic rings. The maximum atomic E-state index is 13.4. The average Bonchev–Trinajstić information content (AvgIpc) is 2.46. The highest BCUT2D eigenvalue weighted by molar-refractivity contribution is 6.03. The molecule has 1 aromatic carbocycles. The van der Waals surface area contributed by atoms with Crippen LogP contribution in [0.15, 0.2) is 30.3 Å². The summed E-state index contributed by atoms with van der Waals surface area (Å²) >= 11 is 0. The monoisotopic (exact) mass is 314 g/mol. The first kappa shape index (κ1) is 17.9. The maximum Gasteiger partial charge on any atom is 0.318 e. The van der Waals surface area contributed by atoms with Gasteiger partial charge in [-0.1, -0.05) is 30.3 Å². The first-order valence-electron chi connectivity index (χ1n) is 6.38. The van der Waals surface area contributed by atoms with Crippen LogP contribution in [0.5, 0.6) is 0 Å². The standard InChI is InChI=1S/C14H16F2N2O4/c15-14(16,7-17)13(22)12(18)11(9(19)6-10(20)21)8-4-2-1-3-5-8/h1-5,11-12H,6-7,17-18H2,(H,20,21). The highest BCUT2D eigenvalue weighted by Gasteiger charge is 2.45. The molecular formula is C14H16F2N2O4. The molecule has 0 aliphatic carbocycles. The molecule has 0 heterocycles. The van der Waals surface area contributed by atoms with Crippen LogP contribution in [-0.4, -0.2) is 41.2 Å². The summed E-state index contributed by atoms with van der Waals surface area (Å²) in [7, 11) is 0. The van der Waals surface area contributed by atoms with Crippen molar-refractivity contribution in [3.05, 3.63) is 35.9 Å². The van der Waals surface area contributed by atoms with Gasteiger partial charge in [0, 0.05) is 0 Å². The summed E-state index contributed by atoms with van der Waals surface area (Å²) < 4.78 is 26.8. The number of hydrogen-bond acceptors (Lipinski definition) is 5. The van der Waals surface area contributed by atoms with Gasteiger partial charge in [0.15, 0.2) is 5.78 Å². The Morgan fingerprint density at radius 2 is 1.73 bits per heavy atom. The lowest BCUT2D eigenvalue weighted by Gasteiger charge is -2.25. The number of Topliss-reactive ketones (excluding diaryl/α,β-unsaturated/α-hetero) is 2.